The number of carbonyl (C=O) groups is 1. The summed E-state index contributed by atoms with van der Waals surface area (Å²) in [5.74, 6) is 0.00632. The lowest BCUT2D eigenvalue weighted by Gasteiger charge is -2.22. The van der Waals surface area contributed by atoms with Crippen molar-refractivity contribution in [3.05, 3.63) is 18.0 Å². The second-order valence-corrected chi connectivity index (χ2v) is 7.26. The molecule has 0 aliphatic carbocycles. The van der Waals surface area contributed by atoms with Crippen molar-refractivity contribution in [3.8, 4) is 0 Å². The van der Waals surface area contributed by atoms with Crippen LogP contribution in [0.2, 0.25) is 0 Å². The van der Waals surface area contributed by atoms with Gasteiger partial charge in [0.1, 0.15) is 10.6 Å². The molecule has 1 atom stereocenters. The molecule has 9 heteroatoms. The van der Waals surface area contributed by atoms with Crippen LogP contribution in [0.15, 0.2) is 17.2 Å². The number of hydrogen-bond donors (Lipinski definition) is 3. The molecule has 0 aliphatic heterocycles. The number of aliphatic hydroxyl groups is 1. The number of aromatic nitrogens is 1. The summed E-state index contributed by atoms with van der Waals surface area (Å²) in [4.78, 5) is 11.8. The van der Waals surface area contributed by atoms with E-state index in [2.05, 4.69) is 5.32 Å². The molecule has 0 fully saturated rings. The third-order valence-corrected chi connectivity index (χ3v) is 4.42. The molecule has 1 rings (SSSR count). The zero-order chi connectivity index (χ0) is 15.6. The number of nitrogens with two attached hydrogens (primary N) is 1. The molecule has 0 saturated heterocycles. The van der Waals surface area contributed by atoms with E-state index in [9.17, 15) is 18.3 Å². The SMILES string of the molecule is CSCC(C)(O)CNC(=O)c1cc(S(N)(=O)=O)cn1C. The minimum absolute atomic E-state index is 0.0720. The second-order valence-electron chi connectivity index (χ2n) is 4.83. The lowest BCUT2D eigenvalue weighted by atomic mass is 10.1. The van der Waals surface area contributed by atoms with Gasteiger partial charge in [-0.15, -0.1) is 0 Å². The van der Waals surface area contributed by atoms with E-state index >= 15 is 0 Å². The zero-order valence-electron chi connectivity index (χ0n) is 11.6. The number of amides is 1. The van der Waals surface area contributed by atoms with E-state index in [4.69, 9.17) is 5.14 Å². The summed E-state index contributed by atoms with van der Waals surface area (Å²) in [6.07, 6.45) is 3.12. The first-order valence-corrected chi connectivity index (χ1v) is 8.69. The first kappa shape index (κ1) is 17.0. The Hall–Kier alpha value is -1.03. The van der Waals surface area contributed by atoms with Crippen molar-refractivity contribution in [3.63, 3.8) is 0 Å². The largest absolute Gasteiger partial charge is 0.387 e. The average molecular weight is 321 g/mol. The fraction of sp³-hybridized carbons (Fsp3) is 0.545. The monoisotopic (exact) mass is 321 g/mol. The molecule has 1 amide bonds. The average Bonchev–Trinajstić information content (AvgIpc) is 2.68. The van der Waals surface area contributed by atoms with E-state index in [1.54, 1.807) is 14.0 Å². The quantitative estimate of drug-likeness (QED) is 0.654. The Morgan fingerprint density at radius 2 is 2.20 bits per heavy atom. The number of primary sulfonamides is 1. The Kier molecular flexibility index (Phi) is 5.25. The van der Waals surface area contributed by atoms with Crippen molar-refractivity contribution in [1.82, 2.24) is 9.88 Å². The molecule has 7 nitrogen and oxygen atoms in total. The van der Waals surface area contributed by atoms with Crippen LogP contribution in [-0.4, -0.2) is 48.2 Å². The molecule has 0 aromatic carbocycles. The first-order chi connectivity index (χ1) is 9.07. The van der Waals surface area contributed by atoms with Crippen molar-refractivity contribution in [2.45, 2.75) is 17.4 Å². The Bertz CT molecular complexity index is 593. The van der Waals surface area contributed by atoms with Crippen LogP contribution >= 0.6 is 11.8 Å². The van der Waals surface area contributed by atoms with Gasteiger partial charge in [-0.3, -0.25) is 4.79 Å². The highest BCUT2D eigenvalue weighted by Crippen LogP contribution is 2.13. The summed E-state index contributed by atoms with van der Waals surface area (Å²) in [6.45, 7) is 1.69. The summed E-state index contributed by atoms with van der Waals surface area (Å²) in [7, 11) is -2.30. The lowest BCUT2D eigenvalue weighted by Crippen LogP contribution is -2.42. The normalized spacial score (nSPS) is 14.8. The Labute approximate surface area is 122 Å². The van der Waals surface area contributed by atoms with Gasteiger partial charge in [0.15, 0.2) is 0 Å². The molecule has 4 N–H and O–H groups in total. The molecule has 0 spiro atoms. The van der Waals surface area contributed by atoms with E-state index in [1.165, 1.54) is 28.6 Å². The summed E-state index contributed by atoms with van der Waals surface area (Å²) in [5.41, 5.74) is -0.864. The summed E-state index contributed by atoms with van der Waals surface area (Å²) < 4.78 is 23.8. The first-order valence-electron chi connectivity index (χ1n) is 5.75. The van der Waals surface area contributed by atoms with Crippen molar-refractivity contribution < 1.29 is 18.3 Å². The highest BCUT2D eigenvalue weighted by atomic mass is 32.2. The standard InChI is InChI=1S/C11H19N3O4S2/c1-11(16,7-19-3)6-13-10(15)9-4-8(5-14(9)2)20(12,17)18/h4-5,16H,6-7H2,1-3H3,(H,13,15)(H2,12,17,18). The molecule has 20 heavy (non-hydrogen) atoms. The molecule has 0 aliphatic rings. The van der Waals surface area contributed by atoms with Gasteiger partial charge in [0.25, 0.3) is 5.91 Å². The third-order valence-electron chi connectivity index (χ3n) is 2.63. The Morgan fingerprint density at radius 1 is 1.60 bits per heavy atom. The summed E-state index contributed by atoms with van der Waals surface area (Å²) >= 11 is 1.46. The van der Waals surface area contributed by atoms with Gasteiger partial charge in [0.05, 0.1) is 5.60 Å². The smallest absolute Gasteiger partial charge is 0.268 e. The third kappa shape index (κ3) is 4.51. The van der Waals surface area contributed by atoms with Crippen molar-refractivity contribution >= 4 is 27.7 Å². The fourth-order valence-electron chi connectivity index (χ4n) is 1.64. The molecule has 1 aromatic rings. The molecule has 1 heterocycles. The molecule has 1 aromatic heterocycles. The van der Waals surface area contributed by atoms with Crippen LogP contribution in [0.3, 0.4) is 0 Å². The van der Waals surface area contributed by atoms with Crippen LogP contribution in [-0.2, 0) is 17.1 Å². The number of rotatable bonds is 6. The molecule has 0 saturated carbocycles. The second kappa shape index (κ2) is 6.17. The minimum Gasteiger partial charge on any atom is -0.387 e. The number of sulfonamides is 1. The molecular formula is C11H19N3O4S2. The number of thioether (sulfide) groups is 1. The molecule has 0 radical (unpaired) electrons. The van der Waals surface area contributed by atoms with E-state index in [0.29, 0.717) is 5.75 Å². The Balaban J connectivity index is 2.81. The van der Waals surface area contributed by atoms with E-state index < -0.39 is 21.5 Å². The van der Waals surface area contributed by atoms with Crippen LogP contribution in [0, 0.1) is 0 Å². The van der Waals surface area contributed by atoms with Gasteiger partial charge >= 0.3 is 0 Å². The van der Waals surface area contributed by atoms with Gasteiger partial charge in [-0.05, 0) is 19.2 Å². The predicted octanol–water partition coefficient (Wildman–Crippen LogP) is -0.484. The van der Waals surface area contributed by atoms with Crippen molar-refractivity contribution in [2.24, 2.45) is 12.2 Å². The maximum absolute atomic E-state index is 12.0. The zero-order valence-corrected chi connectivity index (χ0v) is 13.2. The topological polar surface area (TPSA) is 114 Å². The molecule has 114 valence electrons. The van der Waals surface area contributed by atoms with Crippen LogP contribution in [0.5, 0.6) is 0 Å². The van der Waals surface area contributed by atoms with Crippen molar-refractivity contribution in [2.75, 3.05) is 18.6 Å². The van der Waals surface area contributed by atoms with E-state index in [1.807, 2.05) is 6.26 Å². The highest BCUT2D eigenvalue weighted by molar-refractivity contribution is 7.98. The van der Waals surface area contributed by atoms with Gasteiger partial charge in [0, 0.05) is 25.5 Å². The number of carbonyl (C=O) groups excluding carboxylic acids is 1. The van der Waals surface area contributed by atoms with Crippen LogP contribution in [0.4, 0.5) is 0 Å². The predicted molar refractivity (Wildman–Crippen MR) is 78.1 cm³/mol. The van der Waals surface area contributed by atoms with Crippen LogP contribution in [0.1, 0.15) is 17.4 Å². The van der Waals surface area contributed by atoms with Crippen LogP contribution < -0.4 is 10.5 Å². The number of nitrogens with one attached hydrogen (secondary N) is 1. The summed E-state index contributed by atoms with van der Waals surface area (Å²) in [6, 6.07) is 1.20. The van der Waals surface area contributed by atoms with Gasteiger partial charge in [-0.2, -0.15) is 11.8 Å². The molecule has 1 unspecified atom stereocenters. The lowest BCUT2D eigenvalue weighted by molar-refractivity contribution is 0.0720. The number of nitrogens with zero attached hydrogens (tertiary/aromatic N) is 1. The number of hydrogen-bond acceptors (Lipinski definition) is 5. The Morgan fingerprint density at radius 3 is 2.65 bits per heavy atom. The number of aryl methyl sites for hydroxylation is 1. The maximum atomic E-state index is 12.0. The summed E-state index contributed by atoms with van der Waals surface area (Å²) in [5, 5.41) is 17.5. The molecular weight excluding hydrogens is 302 g/mol. The molecule has 0 bridgehead atoms. The fourth-order valence-corrected chi connectivity index (χ4v) is 2.94. The maximum Gasteiger partial charge on any atom is 0.268 e. The minimum atomic E-state index is -3.84. The van der Waals surface area contributed by atoms with Gasteiger partial charge < -0.3 is 15.0 Å². The van der Waals surface area contributed by atoms with Gasteiger partial charge in [0.2, 0.25) is 10.0 Å². The van der Waals surface area contributed by atoms with E-state index in [-0.39, 0.29) is 17.1 Å². The van der Waals surface area contributed by atoms with Gasteiger partial charge in [-0.1, -0.05) is 0 Å². The van der Waals surface area contributed by atoms with Gasteiger partial charge in [-0.25, -0.2) is 13.6 Å². The highest BCUT2D eigenvalue weighted by Gasteiger charge is 2.22. The van der Waals surface area contributed by atoms with Crippen LogP contribution in [0.25, 0.3) is 0 Å². The van der Waals surface area contributed by atoms with Crippen molar-refractivity contribution in [1.29, 1.82) is 0 Å². The van der Waals surface area contributed by atoms with E-state index in [0.717, 1.165) is 0 Å².